The van der Waals surface area contributed by atoms with E-state index in [9.17, 15) is 9.90 Å². The van der Waals surface area contributed by atoms with E-state index < -0.39 is 0 Å². The van der Waals surface area contributed by atoms with Gasteiger partial charge in [-0.1, -0.05) is 58.8 Å². The highest BCUT2D eigenvalue weighted by molar-refractivity contribution is 5.69. The molecule has 0 spiro atoms. The third-order valence-corrected chi connectivity index (χ3v) is 3.65. The second kappa shape index (κ2) is 14.8. The molecule has 0 aromatic heterocycles. The van der Waals surface area contributed by atoms with Crippen LogP contribution in [0, 0.1) is 0 Å². The molecule has 0 aromatic rings. The van der Waals surface area contributed by atoms with Crippen molar-refractivity contribution in [3.8, 4) is 0 Å². The minimum atomic E-state index is -0.249. The first kappa shape index (κ1) is 19.4. The number of hydrogen-bond donors (Lipinski definition) is 1. The number of hydrogen-bond acceptors (Lipinski definition) is 3. The lowest BCUT2D eigenvalue weighted by molar-refractivity contribution is -0.144. The largest absolute Gasteiger partial charge is 0.466 e. The Bertz CT molecular complexity index is 216. The van der Waals surface area contributed by atoms with Crippen LogP contribution in [-0.2, 0) is 9.53 Å². The highest BCUT2D eigenvalue weighted by Gasteiger charge is 2.04. The molecular formula is C17H34O3. The highest BCUT2D eigenvalue weighted by Crippen LogP contribution is 2.10. The van der Waals surface area contributed by atoms with Crippen LogP contribution in [0.5, 0.6) is 0 Å². The van der Waals surface area contributed by atoms with Crippen molar-refractivity contribution in [3.05, 3.63) is 0 Å². The highest BCUT2D eigenvalue weighted by atomic mass is 16.5. The number of aliphatic hydroxyl groups excluding tert-OH is 1. The van der Waals surface area contributed by atoms with Gasteiger partial charge in [0.2, 0.25) is 0 Å². The Kier molecular flexibility index (Phi) is 14.4. The number of carbonyl (C=O) groups is 1. The van der Waals surface area contributed by atoms with Gasteiger partial charge in [0.15, 0.2) is 0 Å². The molecule has 1 atom stereocenters. The molecular weight excluding hydrogens is 252 g/mol. The molecule has 0 aliphatic carbocycles. The molecule has 3 nitrogen and oxygen atoms in total. The molecule has 1 unspecified atom stereocenters. The number of carbonyl (C=O) groups excluding carboxylic acids is 1. The summed E-state index contributed by atoms with van der Waals surface area (Å²) in [6, 6.07) is 0. The van der Waals surface area contributed by atoms with E-state index in [-0.39, 0.29) is 12.1 Å². The summed E-state index contributed by atoms with van der Waals surface area (Å²) in [7, 11) is 0. The van der Waals surface area contributed by atoms with Crippen molar-refractivity contribution in [1.82, 2.24) is 0 Å². The second-order valence-corrected chi connectivity index (χ2v) is 5.65. The molecule has 120 valence electrons. The Morgan fingerprint density at radius 2 is 1.55 bits per heavy atom. The van der Waals surface area contributed by atoms with Gasteiger partial charge in [0.1, 0.15) is 0 Å². The molecule has 0 rings (SSSR count). The van der Waals surface area contributed by atoms with E-state index in [0.29, 0.717) is 13.0 Å². The van der Waals surface area contributed by atoms with Gasteiger partial charge in [0.05, 0.1) is 12.7 Å². The molecule has 0 bridgehead atoms. The average Bonchev–Trinajstić information content (AvgIpc) is 2.46. The summed E-state index contributed by atoms with van der Waals surface area (Å²) in [5, 5.41) is 9.36. The Labute approximate surface area is 125 Å². The molecule has 0 aliphatic rings. The monoisotopic (exact) mass is 286 g/mol. The van der Waals surface area contributed by atoms with E-state index in [0.717, 1.165) is 32.1 Å². The standard InChI is InChI=1S/C17H34O3/c1-3-5-6-7-8-9-10-11-14-17(19)20-15-12-13-16(18)4-2/h16,18H,3-15H2,1-2H3. The van der Waals surface area contributed by atoms with Gasteiger partial charge in [-0.05, 0) is 25.7 Å². The smallest absolute Gasteiger partial charge is 0.305 e. The van der Waals surface area contributed by atoms with Gasteiger partial charge >= 0.3 is 5.97 Å². The first-order chi connectivity index (χ1) is 9.70. The van der Waals surface area contributed by atoms with Crippen molar-refractivity contribution in [2.24, 2.45) is 0 Å². The molecule has 3 heteroatoms. The summed E-state index contributed by atoms with van der Waals surface area (Å²) in [6.45, 7) is 4.64. The van der Waals surface area contributed by atoms with Crippen LogP contribution in [0.15, 0.2) is 0 Å². The van der Waals surface area contributed by atoms with Gasteiger partial charge in [-0.25, -0.2) is 0 Å². The predicted octanol–water partition coefficient (Wildman–Crippen LogP) is 4.61. The van der Waals surface area contributed by atoms with Crippen molar-refractivity contribution < 1.29 is 14.6 Å². The first-order valence-electron chi connectivity index (χ1n) is 8.54. The van der Waals surface area contributed by atoms with Crippen LogP contribution in [0.4, 0.5) is 0 Å². The van der Waals surface area contributed by atoms with E-state index >= 15 is 0 Å². The van der Waals surface area contributed by atoms with Gasteiger partial charge < -0.3 is 9.84 Å². The fraction of sp³-hybridized carbons (Fsp3) is 0.941. The SMILES string of the molecule is CCCCCCCCCCC(=O)OCCCC(O)CC. The third kappa shape index (κ3) is 13.9. The van der Waals surface area contributed by atoms with Crippen molar-refractivity contribution in [2.75, 3.05) is 6.61 Å². The summed E-state index contributed by atoms with van der Waals surface area (Å²) in [6.07, 6.45) is 12.5. The molecule has 0 aromatic carbocycles. The summed E-state index contributed by atoms with van der Waals surface area (Å²) in [5.41, 5.74) is 0. The molecule has 0 fully saturated rings. The summed E-state index contributed by atoms with van der Waals surface area (Å²) in [5.74, 6) is -0.0815. The topological polar surface area (TPSA) is 46.5 Å². The van der Waals surface area contributed by atoms with Gasteiger partial charge in [0, 0.05) is 6.42 Å². The molecule has 20 heavy (non-hydrogen) atoms. The van der Waals surface area contributed by atoms with Crippen molar-refractivity contribution >= 4 is 5.97 Å². The lowest BCUT2D eigenvalue weighted by atomic mass is 10.1. The van der Waals surface area contributed by atoms with Crippen LogP contribution >= 0.6 is 0 Å². The fourth-order valence-electron chi connectivity index (χ4n) is 2.18. The lowest BCUT2D eigenvalue weighted by Crippen LogP contribution is -2.09. The number of aliphatic hydroxyl groups is 1. The van der Waals surface area contributed by atoms with E-state index in [2.05, 4.69) is 6.92 Å². The van der Waals surface area contributed by atoms with Gasteiger partial charge in [-0.3, -0.25) is 4.79 Å². The average molecular weight is 286 g/mol. The lowest BCUT2D eigenvalue weighted by Gasteiger charge is -2.08. The number of esters is 1. The molecule has 0 heterocycles. The zero-order valence-corrected chi connectivity index (χ0v) is 13.5. The Hall–Kier alpha value is -0.570. The fourth-order valence-corrected chi connectivity index (χ4v) is 2.18. The maximum Gasteiger partial charge on any atom is 0.305 e. The van der Waals surface area contributed by atoms with Crippen LogP contribution in [0.1, 0.15) is 90.9 Å². The molecule has 0 radical (unpaired) electrons. The molecule has 0 saturated heterocycles. The van der Waals surface area contributed by atoms with Gasteiger partial charge in [-0.15, -0.1) is 0 Å². The maximum absolute atomic E-state index is 11.4. The normalized spacial score (nSPS) is 12.3. The Morgan fingerprint density at radius 3 is 2.15 bits per heavy atom. The minimum absolute atomic E-state index is 0.0815. The maximum atomic E-state index is 11.4. The number of ether oxygens (including phenoxy) is 1. The predicted molar refractivity (Wildman–Crippen MR) is 83.7 cm³/mol. The van der Waals surface area contributed by atoms with Crippen LogP contribution in [0.3, 0.4) is 0 Å². The molecule has 0 saturated carbocycles. The van der Waals surface area contributed by atoms with E-state index in [1.165, 1.54) is 38.5 Å². The molecule has 0 amide bonds. The third-order valence-electron chi connectivity index (χ3n) is 3.65. The first-order valence-corrected chi connectivity index (χ1v) is 8.54. The van der Waals surface area contributed by atoms with Gasteiger partial charge in [-0.2, -0.15) is 0 Å². The van der Waals surface area contributed by atoms with Gasteiger partial charge in [0.25, 0.3) is 0 Å². The molecule has 1 N–H and O–H groups in total. The summed E-state index contributed by atoms with van der Waals surface area (Å²) >= 11 is 0. The number of rotatable bonds is 14. The summed E-state index contributed by atoms with van der Waals surface area (Å²) in [4.78, 5) is 11.4. The van der Waals surface area contributed by atoms with Crippen molar-refractivity contribution in [1.29, 1.82) is 0 Å². The number of unbranched alkanes of at least 4 members (excludes halogenated alkanes) is 7. The quantitative estimate of drug-likeness (QED) is 0.374. The van der Waals surface area contributed by atoms with Crippen LogP contribution < -0.4 is 0 Å². The van der Waals surface area contributed by atoms with Crippen LogP contribution in [0.25, 0.3) is 0 Å². The Balaban J connectivity index is 3.20. The second-order valence-electron chi connectivity index (χ2n) is 5.65. The molecule has 0 aliphatic heterocycles. The summed E-state index contributed by atoms with van der Waals surface area (Å²) < 4.78 is 5.15. The minimum Gasteiger partial charge on any atom is -0.466 e. The van der Waals surface area contributed by atoms with E-state index in [1.54, 1.807) is 0 Å². The van der Waals surface area contributed by atoms with Crippen molar-refractivity contribution in [2.45, 2.75) is 97.0 Å². The van der Waals surface area contributed by atoms with Crippen LogP contribution in [0.2, 0.25) is 0 Å². The van der Waals surface area contributed by atoms with Crippen molar-refractivity contribution in [3.63, 3.8) is 0 Å². The zero-order chi connectivity index (χ0) is 15.1. The van der Waals surface area contributed by atoms with Crippen LogP contribution in [-0.4, -0.2) is 23.8 Å². The van der Waals surface area contributed by atoms with E-state index in [1.807, 2.05) is 6.92 Å². The van der Waals surface area contributed by atoms with E-state index in [4.69, 9.17) is 4.74 Å². The Morgan fingerprint density at radius 1 is 0.950 bits per heavy atom. The zero-order valence-electron chi connectivity index (χ0n) is 13.5.